The van der Waals surface area contributed by atoms with E-state index in [0.717, 1.165) is 24.3 Å². The third-order valence-corrected chi connectivity index (χ3v) is 4.03. The quantitative estimate of drug-likeness (QED) is 0.748. The van der Waals surface area contributed by atoms with Crippen molar-refractivity contribution in [3.8, 4) is 11.5 Å². The molecule has 1 aromatic carbocycles. The lowest BCUT2D eigenvalue weighted by Gasteiger charge is -2.36. The van der Waals surface area contributed by atoms with E-state index in [0.29, 0.717) is 26.4 Å². The number of ether oxygens (including phenoxy) is 3. The van der Waals surface area contributed by atoms with E-state index >= 15 is 0 Å². The van der Waals surface area contributed by atoms with Crippen LogP contribution in [-0.4, -0.2) is 32.0 Å². The standard InChI is InChI=1S/C17H27NO3/c1-2-19-15-8-4-5-9-16(15)20-12-13-21-17(14-18)10-6-3-7-11-17/h4-5,8-9H,2-3,6-7,10-14,18H2,1H3. The highest BCUT2D eigenvalue weighted by Crippen LogP contribution is 2.31. The smallest absolute Gasteiger partial charge is 0.161 e. The van der Waals surface area contributed by atoms with Gasteiger partial charge < -0.3 is 19.9 Å². The Balaban J connectivity index is 1.79. The van der Waals surface area contributed by atoms with Crippen LogP contribution in [0.5, 0.6) is 11.5 Å². The molecule has 0 aromatic heterocycles. The van der Waals surface area contributed by atoms with Gasteiger partial charge in [-0.3, -0.25) is 0 Å². The molecule has 21 heavy (non-hydrogen) atoms. The van der Waals surface area contributed by atoms with Gasteiger partial charge >= 0.3 is 0 Å². The van der Waals surface area contributed by atoms with Gasteiger partial charge in [0.05, 0.1) is 18.8 Å². The van der Waals surface area contributed by atoms with E-state index in [1.54, 1.807) is 0 Å². The van der Waals surface area contributed by atoms with Crippen LogP contribution in [0.1, 0.15) is 39.0 Å². The van der Waals surface area contributed by atoms with E-state index in [2.05, 4.69) is 0 Å². The maximum Gasteiger partial charge on any atom is 0.161 e. The number of nitrogens with two attached hydrogens (primary N) is 1. The van der Waals surface area contributed by atoms with Crippen LogP contribution in [0.25, 0.3) is 0 Å². The Hall–Kier alpha value is -1.26. The first-order valence-electron chi connectivity index (χ1n) is 7.98. The van der Waals surface area contributed by atoms with E-state index in [1.807, 2.05) is 31.2 Å². The Morgan fingerprint density at radius 2 is 1.67 bits per heavy atom. The minimum Gasteiger partial charge on any atom is -0.490 e. The second-order valence-electron chi connectivity index (χ2n) is 5.52. The molecular formula is C17H27NO3. The highest BCUT2D eigenvalue weighted by molar-refractivity contribution is 5.39. The highest BCUT2D eigenvalue weighted by atomic mass is 16.5. The number of para-hydroxylation sites is 2. The number of benzene rings is 1. The molecule has 0 aliphatic heterocycles. The zero-order valence-electron chi connectivity index (χ0n) is 13.0. The van der Waals surface area contributed by atoms with Gasteiger partial charge in [-0.2, -0.15) is 0 Å². The lowest BCUT2D eigenvalue weighted by molar-refractivity contribution is -0.0714. The van der Waals surface area contributed by atoms with Crippen LogP contribution in [0.15, 0.2) is 24.3 Å². The molecule has 0 heterocycles. The lowest BCUT2D eigenvalue weighted by Crippen LogP contribution is -2.43. The molecule has 0 radical (unpaired) electrons. The van der Waals surface area contributed by atoms with Crippen LogP contribution < -0.4 is 15.2 Å². The molecule has 1 aliphatic carbocycles. The molecule has 0 bridgehead atoms. The average molecular weight is 293 g/mol. The first-order chi connectivity index (χ1) is 10.3. The summed E-state index contributed by atoms with van der Waals surface area (Å²) in [6.07, 6.45) is 5.86. The van der Waals surface area contributed by atoms with Crippen LogP contribution in [0.4, 0.5) is 0 Å². The van der Waals surface area contributed by atoms with Gasteiger partial charge in [0.1, 0.15) is 6.61 Å². The Labute approximate surface area is 127 Å². The summed E-state index contributed by atoms with van der Waals surface area (Å²) in [4.78, 5) is 0. The topological polar surface area (TPSA) is 53.7 Å². The molecule has 4 heteroatoms. The average Bonchev–Trinajstić information content (AvgIpc) is 2.54. The zero-order chi connectivity index (χ0) is 15.0. The minimum absolute atomic E-state index is 0.124. The van der Waals surface area contributed by atoms with Crippen LogP contribution in [0.2, 0.25) is 0 Å². The van der Waals surface area contributed by atoms with Crippen LogP contribution in [-0.2, 0) is 4.74 Å². The zero-order valence-corrected chi connectivity index (χ0v) is 13.0. The maximum atomic E-state index is 6.05. The molecule has 1 aliphatic rings. The summed E-state index contributed by atoms with van der Waals surface area (Å²) in [6.45, 7) is 4.28. The summed E-state index contributed by atoms with van der Waals surface area (Å²) in [5, 5.41) is 0. The first-order valence-corrected chi connectivity index (χ1v) is 7.98. The van der Waals surface area contributed by atoms with Gasteiger partial charge in [-0.1, -0.05) is 31.4 Å². The molecule has 0 spiro atoms. The van der Waals surface area contributed by atoms with Crippen LogP contribution in [0, 0.1) is 0 Å². The van der Waals surface area contributed by atoms with Crippen molar-refractivity contribution in [3.63, 3.8) is 0 Å². The summed E-state index contributed by atoms with van der Waals surface area (Å²) < 4.78 is 17.4. The largest absolute Gasteiger partial charge is 0.490 e. The predicted molar refractivity (Wildman–Crippen MR) is 83.9 cm³/mol. The van der Waals surface area contributed by atoms with Gasteiger partial charge in [-0.05, 0) is 31.9 Å². The minimum atomic E-state index is -0.124. The number of hydrogen-bond donors (Lipinski definition) is 1. The summed E-state index contributed by atoms with van der Waals surface area (Å²) in [5.74, 6) is 1.56. The summed E-state index contributed by atoms with van der Waals surface area (Å²) in [7, 11) is 0. The normalized spacial score (nSPS) is 17.4. The van der Waals surface area contributed by atoms with Gasteiger partial charge in [0.25, 0.3) is 0 Å². The summed E-state index contributed by atoms with van der Waals surface area (Å²) >= 11 is 0. The van der Waals surface area contributed by atoms with E-state index in [-0.39, 0.29) is 5.60 Å². The van der Waals surface area contributed by atoms with E-state index in [4.69, 9.17) is 19.9 Å². The van der Waals surface area contributed by atoms with Crippen molar-refractivity contribution in [1.82, 2.24) is 0 Å². The SMILES string of the molecule is CCOc1ccccc1OCCOC1(CN)CCCCC1. The predicted octanol–water partition coefficient (Wildman–Crippen LogP) is 3.14. The molecule has 1 saturated carbocycles. The van der Waals surface area contributed by atoms with Crippen molar-refractivity contribution < 1.29 is 14.2 Å². The Kier molecular flexibility index (Phi) is 6.33. The fraction of sp³-hybridized carbons (Fsp3) is 0.647. The molecule has 2 N–H and O–H groups in total. The first kappa shape index (κ1) is 16.1. The monoisotopic (exact) mass is 293 g/mol. The molecule has 0 amide bonds. The third-order valence-electron chi connectivity index (χ3n) is 4.03. The highest BCUT2D eigenvalue weighted by Gasteiger charge is 2.31. The van der Waals surface area contributed by atoms with Crippen molar-refractivity contribution >= 4 is 0 Å². The van der Waals surface area contributed by atoms with E-state index in [9.17, 15) is 0 Å². The van der Waals surface area contributed by atoms with Crippen molar-refractivity contribution in [2.75, 3.05) is 26.4 Å². The van der Waals surface area contributed by atoms with Crippen molar-refractivity contribution in [3.05, 3.63) is 24.3 Å². The molecule has 118 valence electrons. The summed E-state index contributed by atoms with van der Waals surface area (Å²) in [6, 6.07) is 7.73. The fourth-order valence-corrected chi connectivity index (χ4v) is 2.86. The van der Waals surface area contributed by atoms with Crippen LogP contribution in [0.3, 0.4) is 0 Å². The number of hydrogen-bond acceptors (Lipinski definition) is 4. The Morgan fingerprint density at radius 3 is 2.29 bits per heavy atom. The van der Waals surface area contributed by atoms with Gasteiger partial charge in [-0.25, -0.2) is 0 Å². The van der Waals surface area contributed by atoms with Gasteiger partial charge in [0.15, 0.2) is 11.5 Å². The third kappa shape index (κ3) is 4.61. The van der Waals surface area contributed by atoms with Gasteiger partial charge in [0, 0.05) is 6.54 Å². The Bertz CT molecular complexity index is 416. The molecule has 0 atom stereocenters. The molecule has 1 aromatic rings. The van der Waals surface area contributed by atoms with Gasteiger partial charge in [-0.15, -0.1) is 0 Å². The van der Waals surface area contributed by atoms with Gasteiger partial charge in [0.2, 0.25) is 0 Å². The molecular weight excluding hydrogens is 266 g/mol. The molecule has 0 saturated heterocycles. The fourth-order valence-electron chi connectivity index (χ4n) is 2.86. The van der Waals surface area contributed by atoms with Crippen molar-refractivity contribution in [2.24, 2.45) is 5.73 Å². The summed E-state index contributed by atoms with van der Waals surface area (Å²) in [5.41, 5.74) is 5.79. The van der Waals surface area contributed by atoms with E-state index in [1.165, 1.54) is 19.3 Å². The van der Waals surface area contributed by atoms with E-state index < -0.39 is 0 Å². The molecule has 0 unspecified atom stereocenters. The van der Waals surface area contributed by atoms with Crippen molar-refractivity contribution in [1.29, 1.82) is 0 Å². The maximum absolute atomic E-state index is 6.05. The molecule has 4 nitrogen and oxygen atoms in total. The van der Waals surface area contributed by atoms with Crippen LogP contribution >= 0.6 is 0 Å². The van der Waals surface area contributed by atoms with Crippen molar-refractivity contribution in [2.45, 2.75) is 44.6 Å². The Morgan fingerprint density at radius 1 is 1.00 bits per heavy atom. The molecule has 1 fully saturated rings. The second kappa shape index (κ2) is 8.25. The lowest BCUT2D eigenvalue weighted by atomic mass is 9.85. The second-order valence-corrected chi connectivity index (χ2v) is 5.52. The number of rotatable bonds is 8. The molecule has 2 rings (SSSR count).